The van der Waals surface area contributed by atoms with Crippen LogP contribution in [0.5, 0.6) is 0 Å². The van der Waals surface area contributed by atoms with Crippen LogP contribution in [0.15, 0.2) is 72.0 Å². The van der Waals surface area contributed by atoms with Gasteiger partial charge in [0.15, 0.2) is 0 Å². The summed E-state index contributed by atoms with van der Waals surface area (Å²) in [6.07, 6.45) is 2.69. The molecule has 0 saturated carbocycles. The molecule has 4 amide bonds. The van der Waals surface area contributed by atoms with Crippen LogP contribution in [-0.2, 0) is 38.4 Å². The number of carbonyl (C=O) groups is 4. The second kappa shape index (κ2) is 15.8. The number of aryl methyl sites for hydroxylation is 1. The highest BCUT2D eigenvalue weighted by Gasteiger charge is 2.41. The number of nitrogens with zero attached hydrogens (tertiary/aromatic N) is 4. The third-order valence-corrected chi connectivity index (χ3v) is 9.51. The first-order valence-corrected chi connectivity index (χ1v) is 16.6. The Morgan fingerprint density at radius 3 is 2.35 bits per heavy atom. The normalized spacial score (nSPS) is 14.9. The predicted octanol–water partition coefficient (Wildman–Crippen LogP) is 6.02. The average Bonchev–Trinajstić information content (AvgIpc) is 3.47. The topological polar surface area (TPSA) is 123 Å². The summed E-state index contributed by atoms with van der Waals surface area (Å²) in [5.74, 6) is -2.26. The Hall–Kier alpha value is -4.25. The number of nitroso groups, excluding NO2 is 1. The Morgan fingerprint density at radius 2 is 1.62 bits per heavy atom. The summed E-state index contributed by atoms with van der Waals surface area (Å²) in [5.41, 5.74) is 4.49. The van der Waals surface area contributed by atoms with Crippen LogP contribution in [0.4, 0.5) is 0 Å². The van der Waals surface area contributed by atoms with Crippen molar-refractivity contribution in [2.45, 2.75) is 38.6 Å². The molecule has 5 rings (SSSR count). The van der Waals surface area contributed by atoms with Crippen molar-refractivity contribution in [1.82, 2.24) is 19.7 Å². The Balaban J connectivity index is 1.37. The van der Waals surface area contributed by atoms with Crippen molar-refractivity contribution in [3.8, 4) is 0 Å². The van der Waals surface area contributed by atoms with Gasteiger partial charge in [0.25, 0.3) is 0 Å². The molecule has 3 aromatic carbocycles. The molecule has 13 heteroatoms. The van der Waals surface area contributed by atoms with Gasteiger partial charge < -0.3 is 19.7 Å². The van der Waals surface area contributed by atoms with Gasteiger partial charge in [0.05, 0.1) is 13.0 Å². The number of H-pyrrole nitrogens is 1. The molecule has 10 nitrogen and oxygen atoms in total. The minimum absolute atomic E-state index is 0.0888. The number of benzene rings is 3. The summed E-state index contributed by atoms with van der Waals surface area (Å²) in [7, 11) is 0. The number of rotatable bonds is 13. The second-order valence-electron chi connectivity index (χ2n) is 11.8. The molecule has 2 heterocycles. The van der Waals surface area contributed by atoms with Crippen LogP contribution in [0.3, 0.4) is 0 Å². The lowest BCUT2D eigenvalue weighted by Gasteiger charge is -2.40. The molecule has 1 aliphatic heterocycles. The molecule has 0 bridgehead atoms. The van der Waals surface area contributed by atoms with Gasteiger partial charge in [-0.1, -0.05) is 65.1 Å². The number of aromatic nitrogens is 1. The van der Waals surface area contributed by atoms with Gasteiger partial charge >= 0.3 is 5.91 Å². The van der Waals surface area contributed by atoms with E-state index < -0.39 is 24.4 Å². The molecule has 1 aliphatic rings. The Morgan fingerprint density at radius 1 is 0.917 bits per heavy atom. The van der Waals surface area contributed by atoms with Crippen LogP contribution >= 0.6 is 34.8 Å². The van der Waals surface area contributed by atoms with Crippen LogP contribution < -0.4 is 0 Å². The zero-order valence-corrected chi connectivity index (χ0v) is 28.5. The number of hydrogen-bond acceptors (Lipinski definition) is 5. The van der Waals surface area contributed by atoms with E-state index in [0.717, 1.165) is 33.2 Å². The van der Waals surface area contributed by atoms with Crippen LogP contribution in [-0.4, -0.2) is 82.1 Å². The van der Waals surface area contributed by atoms with Crippen molar-refractivity contribution in [2.24, 2.45) is 5.18 Å². The molecule has 1 saturated heterocycles. The molecule has 48 heavy (non-hydrogen) atoms. The quantitative estimate of drug-likeness (QED) is 0.170. The molecule has 1 unspecified atom stereocenters. The molecular formula is C35H34Cl3N5O5. The van der Waals surface area contributed by atoms with E-state index in [1.54, 1.807) is 30.3 Å². The summed E-state index contributed by atoms with van der Waals surface area (Å²) < 4.78 is 0. The Kier molecular flexibility index (Phi) is 11.5. The summed E-state index contributed by atoms with van der Waals surface area (Å²) in [4.78, 5) is 72.1. The predicted molar refractivity (Wildman–Crippen MR) is 186 cm³/mol. The third kappa shape index (κ3) is 8.42. The molecule has 0 aliphatic carbocycles. The molecular weight excluding hydrogens is 677 g/mol. The minimum Gasteiger partial charge on any atom is -0.361 e. The summed E-state index contributed by atoms with van der Waals surface area (Å²) >= 11 is 18.5. The summed E-state index contributed by atoms with van der Waals surface area (Å²) in [6.45, 7) is 1.66. The van der Waals surface area contributed by atoms with Crippen LogP contribution in [0.1, 0.15) is 28.7 Å². The monoisotopic (exact) mass is 709 g/mol. The van der Waals surface area contributed by atoms with Crippen molar-refractivity contribution in [1.29, 1.82) is 0 Å². The number of nitrogens with one attached hydrogen (secondary N) is 1. The lowest BCUT2D eigenvalue weighted by Crippen LogP contribution is -2.61. The highest BCUT2D eigenvalue weighted by molar-refractivity contribution is 6.35. The molecule has 1 N–H and O–H groups in total. The number of halogens is 3. The minimum atomic E-state index is -1.12. The van der Waals surface area contributed by atoms with E-state index >= 15 is 0 Å². The van der Waals surface area contributed by atoms with Crippen molar-refractivity contribution >= 4 is 69.3 Å². The first kappa shape index (κ1) is 35.1. The number of aromatic amines is 1. The molecule has 1 fully saturated rings. The van der Waals surface area contributed by atoms with Gasteiger partial charge in [-0.2, -0.15) is 0 Å². The van der Waals surface area contributed by atoms with E-state index in [1.165, 1.54) is 14.7 Å². The van der Waals surface area contributed by atoms with E-state index in [9.17, 15) is 24.1 Å². The van der Waals surface area contributed by atoms with E-state index in [2.05, 4.69) is 10.2 Å². The van der Waals surface area contributed by atoms with E-state index in [1.807, 2.05) is 43.5 Å². The number of amides is 4. The lowest BCUT2D eigenvalue weighted by molar-refractivity contribution is -0.158. The molecule has 1 aromatic heterocycles. The van der Waals surface area contributed by atoms with Crippen molar-refractivity contribution in [3.05, 3.63) is 109 Å². The highest BCUT2D eigenvalue weighted by Crippen LogP contribution is 2.25. The maximum atomic E-state index is 14.1. The first-order valence-electron chi connectivity index (χ1n) is 15.5. The molecule has 1 atom stereocenters. The van der Waals surface area contributed by atoms with Gasteiger partial charge in [-0.05, 0) is 78.8 Å². The number of para-hydroxylation sites is 1. The standard InChI is InChI=1S/C35H34Cl3N5O5/c1-22-16-26(36)8-6-23(22)10-13-41(20-32(44)40-48)33(45)18-31-35(47)42(14-11-24-7-9-27(37)17-29(24)38)21-34(46)43(31)15-12-25-19-39-30-5-3-2-4-28(25)30/h2-9,16-17,19,31,39H,10-15,18,20-21H2,1H3. The van der Waals surface area contributed by atoms with Crippen LogP contribution in [0.25, 0.3) is 10.9 Å². The van der Waals surface area contributed by atoms with Crippen molar-refractivity contribution < 1.29 is 19.2 Å². The van der Waals surface area contributed by atoms with Crippen molar-refractivity contribution in [3.63, 3.8) is 0 Å². The number of piperazine rings is 1. The summed E-state index contributed by atoms with van der Waals surface area (Å²) in [5, 5.41) is 4.99. The molecule has 0 spiro atoms. The zero-order chi connectivity index (χ0) is 34.4. The number of fused-ring (bicyclic) bond motifs is 1. The fraction of sp³-hybridized carbons (Fsp3) is 0.314. The number of hydrogen-bond donors (Lipinski definition) is 1. The Labute approximate surface area is 292 Å². The van der Waals surface area contributed by atoms with Gasteiger partial charge in [0.1, 0.15) is 12.6 Å². The summed E-state index contributed by atoms with van der Waals surface area (Å²) in [6, 6.07) is 17.1. The van der Waals surface area contributed by atoms with Crippen LogP contribution in [0.2, 0.25) is 15.1 Å². The fourth-order valence-corrected chi connectivity index (χ4v) is 6.78. The fourth-order valence-electron chi connectivity index (χ4n) is 6.05. The van der Waals surface area contributed by atoms with Gasteiger partial charge in [-0.15, -0.1) is 4.91 Å². The lowest BCUT2D eigenvalue weighted by atomic mass is 10.0. The SMILES string of the molecule is Cc1cc(Cl)ccc1CCN(CC(=O)N=O)C(=O)CC1C(=O)N(CCc2ccc(Cl)cc2Cl)CC(=O)N1CCc1c[nH]c2ccccc12. The smallest absolute Gasteiger partial charge is 0.305 e. The van der Waals surface area contributed by atoms with Gasteiger partial charge in [-0.3, -0.25) is 19.2 Å². The second-order valence-corrected chi connectivity index (χ2v) is 13.1. The molecule has 4 aromatic rings. The van der Waals surface area contributed by atoms with Crippen molar-refractivity contribution in [2.75, 3.05) is 32.7 Å². The molecule has 0 radical (unpaired) electrons. The maximum absolute atomic E-state index is 14.1. The van der Waals surface area contributed by atoms with Crippen LogP contribution in [0, 0.1) is 11.8 Å². The zero-order valence-electron chi connectivity index (χ0n) is 26.3. The highest BCUT2D eigenvalue weighted by atomic mass is 35.5. The maximum Gasteiger partial charge on any atom is 0.305 e. The Bertz CT molecular complexity index is 1860. The van der Waals surface area contributed by atoms with E-state index in [-0.39, 0.29) is 44.4 Å². The average molecular weight is 711 g/mol. The van der Waals surface area contributed by atoms with Gasteiger partial charge in [0.2, 0.25) is 17.7 Å². The first-order chi connectivity index (χ1) is 23.0. The third-order valence-electron chi connectivity index (χ3n) is 8.69. The van der Waals surface area contributed by atoms with E-state index in [0.29, 0.717) is 34.3 Å². The van der Waals surface area contributed by atoms with Gasteiger partial charge in [-0.25, -0.2) is 0 Å². The molecule has 250 valence electrons. The van der Waals surface area contributed by atoms with E-state index in [4.69, 9.17) is 34.8 Å². The largest absolute Gasteiger partial charge is 0.361 e. The van der Waals surface area contributed by atoms with Gasteiger partial charge in [0, 0.05) is 57.0 Å². The number of carbonyl (C=O) groups excluding carboxylic acids is 4.